The van der Waals surface area contributed by atoms with Crippen LogP contribution in [0.2, 0.25) is 0 Å². The van der Waals surface area contributed by atoms with Crippen LogP contribution >= 0.6 is 0 Å². The van der Waals surface area contributed by atoms with E-state index in [1.165, 1.54) is 83.5 Å². The van der Waals surface area contributed by atoms with Crippen LogP contribution in [0.15, 0.2) is 0 Å². The molecule has 0 aromatic carbocycles. The van der Waals surface area contributed by atoms with Crippen LogP contribution in [-0.2, 0) is 14.2 Å². The first kappa shape index (κ1) is 25.9. The van der Waals surface area contributed by atoms with E-state index in [1.54, 1.807) is 0 Å². The Labute approximate surface area is 164 Å². The molecule has 3 heteroatoms. The smallest absolute Gasteiger partial charge is 0.282 e. The normalized spacial score (nSPS) is 12.0. The van der Waals surface area contributed by atoms with E-state index in [0.29, 0.717) is 19.8 Å². The van der Waals surface area contributed by atoms with Gasteiger partial charge in [-0.3, -0.25) is 0 Å². The summed E-state index contributed by atoms with van der Waals surface area (Å²) < 4.78 is 17.3. The summed E-state index contributed by atoms with van der Waals surface area (Å²) in [6.07, 6.45) is 20.1. The summed E-state index contributed by atoms with van der Waals surface area (Å²) in [6.45, 7) is 10.1. The molecule has 0 saturated carbocycles. The molecule has 0 fully saturated rings. The van der Waals surface area contributed by atoms with Gasteiger partial charge in [-0.1, -0.05) is 90.4 Å². The number of rotatable bonds is 21. The molecule has 158 valence electrons. The van der Waals surface area contributed by atoms with Crippen molar-refractivity contribution in [2.45, 2.75) is 130 Å². The zero-order chi connectivity index (χ0) is 19.3. The molecule has 26 heavy (non-hydrogen) atoms. The molecule has 0 aliphatic rings. The molecule has 0 radical (unpaired) electrons. The zero-order valence-electron chi connectivity index (χ0n) is 18.5. The maximum atomic E-state index is 5.78. The van der Waals surface area contributed by atoms with Gasteiger partial charge in [-0.15, -0.1) is 0 Å². The first-order valence-electron chi connectivity index (χ1n) is 11.7. The van der Waals surface area contributed by atoms with Crippen molar-refractivity contribution in [3.63, 3.8) is 0 Å². The number of ether oxygens (including phenoxy) is 3. The lowest BCUT2D eigenvalue weighted by atomic mass is 10.0. The molecule has 0 unspecified atom stereocenters. The van der Waals surface area contributed by atoms with E-state index in [0.717, 1.165) is 12.8 Å². The third-order valence-electron chi connectivity index (χ3n) is 4.93. The summed E-state index contributed by atoms with van der Waals surface area (Å²) in [5.74, 6) is -0.810. The zero-order valence-corrected chi connectivity index (χ0v) is 18.5. The van der Waals surface area contributed by atoms with Crippen LogP contribution in [-0.4, -0.2) is 25.8 Å². The van der Waals surface area contributed by atoms with Crippen LogP contribution < -0.4 is 0 Å². The summed E-state index contributed by atoms with van der Waals surface area (Å²) in [7, 11) is 0. The van der Waals surface area contributed by atoms with Gasteiger partial charge in [-0.05, 0) is 27.2 Å². The van der Waals surface area contributed by atoms with Crippen LogP contribution in [0.4, 0.5) is 0 Å². The lowest BCUT2D eigenvalue weighted by Crippen LogP contribution is -2.39. The topological polar surface area (TPSA) is 27.7 Å². The Kier molecular flexibility index (Phi) is 19.5. The van der Waals surface area contributed by atoms with Crippen LogP contribution in [0.5, 0.6) is 0 Å². The van der Waals surface area contributed by atoms with Crippen LogP contribution in [0.1, 0.15) is 124 Å². The molecule has 0 rings (SSSR count). The van der Waals surface area contributed by atoms with Crippen molar-refractivity contribution in [1.29, 1.82) is 0 Å². The number of unbranched alkanes of at least 4 members (excludes halogenated alkanes) is 13. The van der Waals surface area contributed by atoms with E-state index in [4.69, 9.17) is 14.2 Å². The summed E-state index contributed by atoms with van der Waals surface area (Å²) in [5.41, 5.74) is 0. The van der Waals surface area contributed by atoms with Gasteiger partial charge in [-0.25, -0.2) is 0 Å². The first-order chi connectivity index (χ1) is 12.7. The van der Waals surface area contributed by atoms with Crippen molar-refractivity contribution in [1.82, 2.24) is 0 Å². The predicted molar refractivity (Wildman–Crippen MR) is 113 cm³/mol. The molecule has 0 aliphatic heterocycles. The molecule has 3 nitrogen and oxygen atoms in total. The summed E-state index contributed by atoms with van der Waals surface area (Å²) in [5, 5.41) is 0. The maximum absolute atomic E-state index is 5.78. The van der Waals surface area contributed by atoms with Gasteiger partial charge in [0, 0.05) is 26.2 Å². The molecule has 0 bridgehead atoms. The Balaban J connectivity index is 3.52. The Hall–Kier alpha value is -0.120. The fourth-order valence-corrected chi connectivity index (χ4v) is 3.54. The van der Waals surface area contributed by atoms with Crippen LogP contribution in [0.25, 0.3) is 0 Å². The molecule has 0 saturated heterocycles. The van der Waals surface area contributed by atoms with E-state index in [2.05, 4.69) is 6.92 Å². The van der Waals surface area contributed by atoms with Gasteiger partial charge >= 0.3 is 0 Å². The molecule has 0 heterocycles. The minimum absolute atomic E-state index is 0.624. The number of hydrogen-bond donors (Lipinski definition) is 0. The Morgan fingerprint density at radius 3 is 1.04 bits per heavy atom. The molecular weight excluding hydrogens is 324 g/mol. The van der Waals surface area contributed by atoms with Gasteiger partial charge in [0.15, 0.2) is 0 Å². The summed E-state index contributed by atoms with van der Waals surface area (Å²) in [4.78, 5) is 0. The summed E-state index contributed by atoms with van der Waals surface area (Å²) >= 11 is 0. The molecular formula is C23H48O3. The minimum Gasteiger partial charge on any atom is -0.328 e. The average Bonchev–Trinajstić information content (AvgIpc) is 2.63. The van der Waals surface area contributed by atoms with Gasteiger partial charge < -0.3 is 14.2 Å². The van der Waals surface area contributed by atoms with Crippen LogP contribution in [0, 0.1) is 0 Å². The highest BCUT2D eigenvalue weighted by atomic mass is 16.9. The maximum Gasteiger partial charge on any atom is 0.282 e. The SMILES string of the molecule is CCCCCCCCCCCCCCCCC(OCC)(OCC)OCC. The largest absolute Gasteiger partial charge is 0.328 e. The van der Waals surface area contributed by atoms with E-state index in [-0.39, 0.29) is 0 Å². The predicted octanol–water partition coefficient (Wildman–Crippen LogP) is 7.62. The third-order valence-corrected chi connectivity index (χ3v) is 4.93. The molecule has 0 spiro atoms. The molecule has 0 N–H and O–H groups in total. The second kappa shape index (κ2) is 19.6. The Morgan fingerprint density at radius 1 is 0.423 bits per heavy atom. The van der Waals surface area contributed by atoms with E-state index >= 15 is 0 Å². The first-order valence-corrected chi connectivity index (χ1v) is 11.7. The fraction of sp³-hybridized carbons (Fsp3) is 1.00. The highest BCUT2D eigenvalue weighted by Gasteiger charge is 2.31. The van der Waals surface area contributed by atoms with Gasteiger partial charge in [-0.2, -0.15) is 0 Å². The van der Waals surface area contributed by atoms with Gasteiger partial charge in [0.25, 0.3) is 5.97 Å². The van der Waals surface area contributed by atoms with Gasteiger partial charge in [0.05, 0.1) is 0 Å². The molecule has 0 amide bonds. The Bertz CT molecular complexity index is 251. The lowest BCUT2D eigenvalue weighted by Gasteiger charge is -2.32. The van der Waals surface area contributed by atoms with Crippen molar-refractivity contribution < 1.29 is 14.2 Å². The van der Waals surface area contributed by atoms with E-state index < -0.39 is 5.97 Å². The highest BCUT2D eigenvalue weighted by molar-refractivity contribution is 4.59. The quantitative estimate of drug-likeness (QED) is 0.153. The van der Waals surface area contributed by atoms with Gasteiger partial charge in [0.1, 0.15) is 0 Å². The Morgan fingerprint density at radius 2 is 0.731 bits per heavy atom. The van der Waals surface area contributed by atoms with Gasteiger partial charge in [0.2, 0.25) is 0 Å². The monoisotopic (exact) mass is 372 g/mol. The van der Waals surface area contributed by atoms with E-state index in [9.17, 15) is 0 Å². The second-order valence-corrected chi connectivity index (χ2v) is 7.33. The minimum atomic E-state index is -0.810. The second-order valence-electron chi connectivity index (χ2n) is 7.33. The average molecular weight is 373 g/mol. The molecule has 0 aromatic heterocycles. The third kappa shape index (κ3) is 15.0. The lowest BCUT2D eigenvalue weighted by molar-refractivity contribution is -0.380. The molecule has 0 atom stereocenters. The van der Waals surface area contributed by atoms with Crippen molar-refractivity contribution in [2.75, 3.05) is 19.8 Å². The van der Waals surface area contributed by atoms with Crippen LogP contribution in [0.3, 0.4) is 0 Å². The highest BCUT2D eigenvalue weighted by Crippen LogP contribution is 2.24. The molecule has 0 aromatic rings. The van der Waals surface area contributed by atoms with Crippen molar-refractivity contribution >= 4 is 0 Å². The van der Waals surface area contributed by atoms with Crippen molar-refractivity contribution in [2.24, 2.45) is 0 Å². The van der Waals surface area contributed by atoms with E-state index in [1.807, 2.05) is 20.8 Å². The number of hydrogen-bond acceptors (Lipinski definition) is 3. The fourth-order valence-electron chi connectivity index (χ4n) is 3.54. The molecule has 0 aliphatic carbocycles. The standard InChI is InChI=1S/C23H48O3/c1-5-9-10-11-12-13-14-15-16-17-18-19-20-21-22-23(24-6-2,25-7-3)26-8-4/h5-22H2,1-4H3. The van der Waals surface area contributed by atoms with Crippen molar-refractivity contribution in [3.8, 4) is 0 Å². The van der Waals surface area contributed by atoms with Crippen molar-refractivity contribution in [3.05, 3.63) is 0 Å². The summed E-state index contributed by atoms with van der Waals surface area (Å²) in [6, 6.07) is 0.